The highest BCUT2D eigenvalue weighted by Crippen LogP contribution is 2.38. The van der Waals surface area contributed by atoms with Gasteiger partial charge in [0, 0.05) is 28.8 Å². The molecule has 26 heavy (non-hydrogen) atoms. The van der Waals surface area contributed by atoms with Gasteiger partial charge in [0.1, 0.15) is 19.0 Å². The number of carbonyl (C=O) groups is 1. The lowest BCUT2D eigenvalue weighted by atomic mass is 10.2. The fourth-order valence-electron chi connectivity index (χ4n) is 3.30. The number of fused-ring (bicyclic) bond motifs is 2. The van der Waals surface area contributed by atoms with Gasteiger partial charge in [-0.3, -0.25) is 9.00 Å². The Morgan fingerprint density at radius 1 is 1.19 bits per heavy atom. The number of hydrogen-bond acceptors (Lipinski definition) is 4. The van der Waals surface area contributed by atoms with Crippen LogP contribution in [0.2, 0.25) is 5.02 Å². The first-order chi connectivity index (χ1) is 12.6. The molecule has 5 nitrogen and oxygen atoms in total. The monoisotopic (exact) mass is 391 g/mol. The van der Waals surface area contributed by atoms with Crippen molar-refractivity contribution in [3.63, 3.8) is 0 Å². The van der Waals surface area contributed by atoms with Gasteiger partial charge in [0.05, 0.1) is 5.02 Å². The minimum Gasteiger partial charge on any atom is -0.486 e. The van der Waals surface area contributed by atoms with Crippen LogP contribution in [-0.2, 0) is 27.8 Å². The second kappa shape index (κ2) is 7.29. The van der Waals surface area contributed by atoms with Gasteiger partial charge in [-0.25, -0.2) is 0 Å². The molecule has 136 valence electrons. The van der Waals surface area contributed by atoms with Crippen molar-refractivity contribution in [3.8, 4) is 11.5 Å². The topological polar surface area (TPSA) is 55.8 Å². The maximum atomic E-state index is 12.6. The molecule has 0 spiro atoms. The molecule has 7 heteroatoms. The van der Waals surface area contributed by atoms with Gasteiger partial charge in [-0.15, -0.1) is 0 Å². The first-order valence-corrected chi connectivity index (χ1v) is 10.3. The van der Waals surface area contributed by atoms with Crippen LogP contribution in [0.15, 0.2) is 36.4 Å². The second-order valence-electron chi connectivity index (χ2n) is 6.25. The fraction of sp³-hybridized carbons (Fsp3) is 0.316. The normalized spacial score (nSPS) is 16.3. The molecule has 2 heterocycles. The number of nitrogens with zero attached hydrogens (tertiary/aromatic N) is 1. The molecular weight excluding hydrogens is 374 g/mol. The van der Waals surface area contributed by atoms with Crippen molar-refractivity contribution in [1.82, 2.24) is 0 Å². The highest BCUT2D eigenvalue weighted by molar-refractivity contribution is 7.84. The number of anilines is 1. The van der Waals surface area contributed by atoms with Crippen molar-refractivity contribution in [1.29, 1.82) is 0 Å². The van der Waals surface area contributed by atoms with Crippen LogP contribution in [0.25, 0.3) is 0 Å². The van der Waals surface area contributed by atoms with Crippen LogP contribution >= 0.6 is 11.6 Å². The Morgan fingerprint density at radius 2 is 2.00 bits per heavy atom. The van der Waals surface area contributed by atoms with Crippen molar-refractivity contribution < 1.29 is 18.5 Å². The molecule has 0 fully saturated rings. The third kappa shape index (κ3) is 3.44. The number of carbonyl (C=O) groups excluding carboxylic acids is 1. The van der Waals surface area contributed by atoms with Crippen LogP contribution in [-0.4, -0.2) is 35.6 Å². The lowest BCUT2D eigenvalue weighted by molar-refractivity contribution is -0.116. The largest absolute Gasteiger partial charge is 0.486 e. The van der Waals surface area contributed by atoms with Crippen LogP contribution in [0.4, 0.5) is 5.69 Å². The van der Waals surface area contributed by atoms with Gasteiger partial charge in [-0.2, -0.15) is 0 Å². The molecule has 4 rings (SSSR count). The molecule has 0 saturated carbocycles. The molecule has 0 bridgehead atoms. The Labute approximate surface area is 159 Å². The third-order valence-electron chi connectivity index (χ3n) is 4.46. The minimum absolute atomic E-state index is 0.0135. The first kappa shape index (κ1) is 17.4. The van der Waals surface area contributed by atoms with E-state index in [2.05, 4.69) is 0 Å². The third-order valence-corrected chi connectivity index (χ3v) is 5.96. The Bertz CT molecular complexity index is 886. The smallest absolute Gasteiger partial charge is 0.239 e. The Hall–Kier alpha value is -2.05. The summed E-state index contributed by atoms with van der Waals surface area (Å²) < 4.78 is 23.5. The van der Waals surface area contributed by atoms with Gasteiger partial charge in [-0.1, -0.05) is 29.8 Å². The standard InChI is InChI=1S/C19H18ClNO4S/c20-15-9-13(10-17-19(15)25-8-7-24-17)11-26(23)12-18(22)21-6-5-14-3-1-2-4-16(14)21/h1-4,9-10H,5-8,11-12H2/t26-/m0/s1. The van der Waals surface area contributed by atoms with Crippen molar-refractivity contribution >= 4 is 34.0 Å². The lowest BCUT2D eigenvalue weighted by Gasteiger charge is -2.20. The van der Waals surface area contributed by atoms with Crippen molar-refractivity contribution in [2.45, 2.75) is 12.2 Å². The molecule has 0 saturated heterocycles. The quantitative estimate of drug-likeness (QED) is 0.804. The highest BCUT2D eigenvalue weighted by Gasteiger charge is 2.25. The highest BCUT2D eigenvalue weighted by atomic mass is 35.5. The number of ether oxygens (including phenoxy) is 2. The second-order valence-corrected chi connectivity index (χ2v) is 8.12. The van der Waals surface area contributed by atoms with Crippen LogP contribution < -0.4 is 14.4 Å². The molecule has 0 radical (unpaired) electrons. The van der Waals surface area contributed by atoms with Gasteiger partial charge >= 0.3 is 0 Å². The average Bonchev–Trinajstić information content (AvgIpc) is 3.06. The number of benzene rings is 2. The Balaban J connectivity index is 1.43. The SMILES string of the molecule is O=C(C[S@@](=O)Cc1cc(Cl)c2c(c1)OCCO2)N1CCc2ccccc21. The predicted molar refractivity (Wildman–Crippen MR) is 102 cm³/mol. The summed E-state index contributed by atoms with van der Waals surface area (Å²) in [6.07, 6.45) is 0.840. The molecule has 0 N–H and O–H groups in total. The zero-order valence-electron chi connectivity index (χ0n) is 14.1. The molecule has 2 aliphatic heterocycles. The summed E-state index contributed by atoms with van der Waals surface area (Å²) in [5.41, 5.74) is 2.86. The maximum absolute atomic E-state index is 12.6. The van der Waals surface area contributed by atoms with E-state index >= 15 is 0 Å². The molecule has 2 aliphatic rings. The van der Waals surface area contributed by atoms with Crippen LogP contribution in [0.1, 0.15) is 11.1 Å². The van der Waals surface area contributed by atoms with Gasteiger partial charge in [0.15, 0.2) is 11.5 Å². The van der Waals surface area contributed by atoms with E-state index in [0.717, 1.165) is 23.2 Å². The van der Waals surface area contributed by atoms with E-state index in [9.17, 15) is 9.00 Å². The summed E-state index contributed by atoms with van der Waals surface area (Å²) in [5, 5.41) is 0.439. The summed E-state index contributed by atoms with van der Waals surface area (Å²) in [7, 11) is -1.33. The van der Waals surface area contributed by atoms with Gasteiger partial charge in [0.25, 0.3) is 0 Å². The summed E-state index contributed by atoms with van der Waals surface area (Å²) in [6, 6.07) is 11.4. The van der Waals surface area contributed by atoms with Crippen molar-refractivity contribution in [2.75, 3.05) is 30.4 Å². The summed E-state index contributed by atoms with van der Waals surface area (Å²) in [4.78, 5) is 14.3. The van der Waals surface area contributed by atoms with E-state index in [4.69, 9.17) is 21.1 Å². The van der Waals surface area contributed by atoms with Crippen molar-refractivity contribution in [3.05, 3.63) is 52.5 Å². The van der Waals surface area contributed by atoms with E-state index < -0.39 is 10.8 Å². The summed E-state index contributed by atoms with van der Waals surface area (Å²) in [5.74, 6) is 1.21. The van der Waals surface area contributed by atoms with E-state index in [0.29, 0.717) is 36.3 Å². The number of amides is 1. The van der Waals surface area contributed by atoms with E-state index in [1.165, 1.54) is 0 Å². The van der Waals surface area contributed by atoms with Gasteiger partial charge < -0.3 is 14.4 Å². The molecule has 0 aromatic heterocycles. The van der Waals surface area contributed by atoms with Gasteiger partial charge in [0.2, 0.25) is 5.91 Å². The molecule has 2 aromatic carbocycles. The van der Waals surface area contributed by atoms with Crippen LogP contribution in [0.5, 0.6) is 11.5 Å². The lowest BCUT2D eigenvalue weighted by Crippen LogP contribution is -2.33. The number of hydrogen-bond donors (Lipinski definition) is 0. The van der Waals surface area contributed by atoms with Crippen molar-refractivity contribution in [2.24, 2.45) is 0 Å². The molecule has 1 atom stereocenters. The molecule has 1 amide bonds. The zero-order valence-corrected chi connectivity index (χ0v) is 15.6. The first-order valence-electron chi connectivity index (χ1n) is 8.43. The fourth-order valence-corrected chi connectivity index (χ4v) is 4.66. The Morgan fingerprint density at radius 3 is 2.88 bits per heavy atom. The number of para-hydroxylation sites is 1. The number of halogens is 1. The van der Waals surface area contributed by atoms with Crippen LogP contribution in [0.3, 0.4) is 0 Å². The summed E-state index contributed by atoms with van der Waals surface area (Å²) >= 11 is 6.22. The molecular formula is C19H18ClNO4S. The number of rotatable bonds is 4. The van der Waals surface area contributed by atoms with Gasteiger partial charge in [-0.05, 0) is 35.7 Å². The van der Waals surface area contributed by atoms with E-state index in [-0.39, 0.29) is 17.4 Å². The Kier molecular flexibility index (Phi) is 4.87. The molecule has 0 unspecified atom stereocenters. The van der Waals surface area contributed by atoms with Crippen LogP contribution in [0, 0.1) is 0 Å². The maximum Gasteiger partial charge on any atom is 0.239 e. The predicted octanol–water partition coefficient (Wildman–Crippen LogP) is 2.95. The minimum atomic E-state index is -1.33. The van der Waals surface area contributed by atoms with E-state index in [1.54, 1.807) is 17.0 Å². The molecule has 0 aliphatic carbocycles. The zero-order chi connectivity index (χ0) is 18.1. The molecule has 2 aromatic rings. The average molecular weight is 392 g/mol. The summed E-state index contributed by atoms with van der Waals surface area (Å²) in [6.45, 7) is 1.57. The van der Waals surface area contributed by atoms with E-state index in [1.807, 2.05) is 24.3 Å².